The van der Waals surface area contributed by atoms with E-state index in [0.29, 0.717) is 51.0 Å². The van der Waals surface area contributed by atoms with Gasteiger partial charge in [0.25, 0.3) is 5.78 Å². The highest BCUT2D eigenvalue weighted by Gasteiger charge is 2.49. The summed E-state index contributed by atoms with van der Waals surface area (Å²) >= 11 is 2.55. The average molecular weight is 644 g/mol. The van der Waals surface area contributed by atoms with Crippen molar-refractivity contribution in [3.8, 4) is 5.75 Å². The number of fused-ring (bicyclic) bond motifs is 1. The summed E-state index contributed by atoms with van der Waals surface area (Å²) in [7, 11) is 0. The minimum atomic E-state index is -1.00. The third kappa shape index (κ3) is 6.20. The zero-order valence-corrected chi connectivity index (χ0v) is 26.4. The Hall–Kier alpha value is -4.55. The van der Waals surface area contributed by atoms with Gasteiger partial charge in [0.05, 0.1) is 23.9 Å². The minimum absolute atomic E-state index is 0.0798. The lowest BCUT2D eigenvalue weighted by Gasteiger charge is -2.23. The molecule has 0 aliphatic carbocycles. The van der Waals surface area contributed by atoms with Gasteiger partial charge >= 0.3 is 5.91 Å². The smallest absolute Gasteiger partial charge is 0.301 e. The summed E-state index contributed by atoms with van der Waals surface area (Å²) in [5.41, 5.74) is 2.81. The van der Waals surface area contributed by atoms with Crippen LogP contribution in [0, 0.1) is 18.7 Å². The van der Waals surface area contributed by atoms with Crippen LogP contribution in [0.3, 0.4) is 0 Å². The Kier molecular flexibility index (Phi) is 8.68. The fourth-order valence-electron chi connectivity index (χ4n) is 5.14. The first-order chi connectivity index (χ1) is 21.7. The SMILES string of the molecule is Cc1nc2ccccn2c1C(O)=C1C(=O)C(=O)N(c2nnc(SCc3ccc(F)cc3)s2)C1c1cccc(OCCC(C)C)c1. The Labute approximate surface area is 267 Å². The van der Waals surface area contributed by atoms with Crippen molar-refractivity contribution in [2.75, 3.05) is 11.5 Å². The topological polar surface area (TPSA) is 110 Å². The van der Waals surface area contributed by atoms with Gasteiger partial charge in [0, 0.05) is 11.9 Å². The molecule has 230 valence electrons. The van der Waals surface area contributed by atoms with Crippen molar-refractivity contribution in [3.63, 3.8) is 0 Å². The second-order valence-electron chi connectivity index (χ2n) is 11.0. The summed E-state index contributed by atoms with van der Waals surface area (Å²) in [6, 6.07) is 17.8. The molecule has 6 rings (SSSR count). The minimum Gasteiger partial charge on any atom is -0.505 e. The number of imidazole rings is 1. The number of carbonyl (C=O) groups excluding carboxylic acids is 2. The number of anilines is 1. The Morgan fingerprint density at radius 3 is 2.67 bits per heavy atom. The molecule has 1 amide bonds. The van der Waals surface area contributed by atoms with Crippen LogP contribution in [-0.4, -0.2) is 43.0 Å². The Balaban J connectivity index is 1.42. The Bertz CT molecular complexity index is 1920. The Morgan fingerprint density at radius 2 is 1.89 bits per heavy atom. The average Bonchev–Trinajstić information content (AvgIpc) is 3.70. The van der Waals surface area contributed by atoms with Crippen LogP contribution >= 0.6 is 23.1 Å². The molecule has 2 aromatic carbocycles. The molecule has 1 atom stereocenters. The van der Waals surface area contributed by atoms with Crippen LogP contribution in [0.1, 0.15) is 48.8 Å². The van der Waals surface area contributed by atoms with E-state index in [0.717, 1.165) is 23.3 Å². The molecule has 0 bridgehead atoms. The predicted molar refractivity (Wildman–Crippen MR) is 172 cm³/mol. The molecule has 0 radical (unpaired) electrons. The van der Waals surface area contributed by atoms with Crippen LogP contribution in [-0.2, 0) is 15.3 Å². The summed E-state index contributed by atoms with van der Waals surface area (Å²) in [4.78, 5) is 33.4. The lowest BCUT2D eigenvalue weighted by Crippen LogP contribution is -2.29. The zero-order chi connectivity index (χ0) is 31.7. The maximum Gasteiger partial charge on any atom is 0.301 e. The number of aliphatic hydroxyl groups is 1. The number of Topliss-reactive ketones (excluding diaryl/α,β-unsaturated/α-hetero) is 1. The number of nitrogens with zero attached hydrogens (tertiary/aromatic N) is 5. The number of ketones is 1. The third-order valence-corrected chi connectivity index (χ3v) is 9.52. The molecule has 1 fully saturated rings. The summed E-state index contributed by atoms with van der Waals surface area (Å²) in [6.07, 6.45) is 2.60. The molecule has 9 nitrogen and oxygen atoms in total. The maximum atomic E-state index is 13.8. The zero-order valence-electron chi connectivity index (χ0n) is 24.8. The molecule has 3 aromatic heterocycles. The van der Waals surface area contributed by atoms with E-state index in [1.54, 1.807) is 60.0 Å². The quantitative estimate of drug-likeness (QED) is 0.0571. The van der Waals surface area contributed by atoms with Crippen molar-refractivity contribution in [2.24, 2.45) is 5.92 Å². The molecule has 12 heteroatoms. The van der Waals surface area contributed by atoms with E-state index in [2.05, 4.69) is 29.0 Å². The van der Waals surface area contributed by atoms with Crippen molar-refractivity contribution in [3.05, 3.63) is 107 Å². The van der Waals surface area contributed by atoms with Crippen LogP contribution in [0.25, 0.3) is 11.4 Å². The van der Waals surface area contributed by atoms with Crippen LogP contribution < -0.4 is 9.64 Å². The van der Waals surface area contributed by atoms with E-state index < -0.39 is 17.7 Å². The van der Waals surface area contributed by atoms with E-state index in [1.807, 2.05) is 12.1 Å². The molecule has 1 unspecified atom stereocenters. The number of hydrogen-bond acceptors (Lipinski definition) is 9. The number of rotatable bonds is 10. The van der Waals surface area contributed by atoms with Crippen molar-refractivity contribution in [1.82, 2.24) is 19.6 Å². The lowest BCUT2D eigenvalue weighted by molar-refractivity contribution is -0.132. The molecule has 1 aliphatic rings. The van der Waals surface area contributed by atoms with Crippen LogP contribution in [0.2, 0.25) is 0 Å². The summed E-state index contributed by atoms with van der Waals surface area (Å²) in [5.74, 6) is -0.765. The highest BCUT2D eigenvalue weighted by atomic mass is 32.2. The van der Waals surface area contributed by atoms with E-state index in [9.17, 15) is 19.1 Å². The highest BCUT2D eigenvalue weighted by Crippen LogP contribution is 2.45. The van der Waals surface area contributed by atoms with Gasteiger partial charge in [-0.15, -0.1) is 10.2 Å². The molecular formula is C33H30FN5O4S2. The standard InChI is InChI=1S/C33H30FN5O4S2/c1-19(2)14-16-43-24-8-6-7-22(17-24)28-26(29(40)27-20(3)35-25-9-4-5-15-38(25)27)30(41)31(42)39(28)32-36-37-33(45-32)44-18-21-10-12-23(34)13-11-21/h4-13,15,17,19,28,40H,14,16,18H2,1-3H3. The van der Waals surface area contributed by atoms with Gasteiger partial charge < -0.3 is 9.84 Å². The number of aromatic nitrogens is 4. The van der Waals surface area contributed by atoms with E-state index in [1.165, 1.54) is 28.8 Å². The van der Waals surface area contributed by atoms with Crippen molar-refractivity contribution in [1.29, 1.82) is 0 Å². The van der Waals surface area contributed by atoms with Gasteiger partial charge in [0.15, 0.2) is 10.1 Å². The number of thioether (sulfide) groups is 1. The van der Waals surface area contributed by atoms with E-state index in [-0.39, 0.29) is 22.3 Å². The van der Waals surface area contributed by atoms with Crippen molar-refractivity contribution < 1.29 is 23.8 Å². The molecule has 1 N–H and O–H groups in total. The third-order valence-electron chi connectivity index (χ3n) is 7.39. The largest absolute Gasteiger partial charge is 0.505 e. The fourth-order valence-corrected chi connectivity index (χ4v) is 6.97. The number of aliphatic hydroxyl groups excluding tert-OH is 1. The first kappa shape index (κ1) is 30.5. The van der Waals surface area contributed by atoms with Gasteiger partial charge in [-0.3, -0.25) is 18.9 Å². The molecule has 4 heterocycles. The molecule has 0 saturated carbocycles. The van der Waals surface area contributed by atoms with Gasteiger partial charge in [-0.1, -0.05) is 67.3 Å². The Morgan fingerprint density at radius 1 is 1.09 bits per heavy atom. The van der Waals surface area contributed by atoms with Crippen LogP contribution in [0.4, 0.5) is 9.52 Å². The second kappa shape index (κ2) is 12.8. The normalized spacial score (nSPS) is 16.3. The lowest BCUT2D eigenvalue weighted by atomic mass is 9.96. The summed E-state index contributed by atoms with van der Waals surface area (Å²) in [5, 5.41) is 20.6. The van der Waals surface area contributed by atoms with Crippen molar-refractivity contribution >= 4 is 51.3 Å². The highest BCUT2D eigenvalue weighted by molar-refractivity contribution is 8.00. The fraction of sp³-hybridized carbons (Fsp3) is 0.242. The number of halogens is 1. The molecule has 1 saturated heterocycles. The molecule has 0 spiro atoms. The second-order valence-corrected chi connectivity index (χ2v) is 13.2. The number of carbonyl (C=O) groups is 2. The number of hydrogen-bond donors (Lipinski definition) is 1. The van der Waals surface area contributed by atoms with Crippen LogP contribution in [0.5, 0.6) is 5.75 Å². The molecule has 5 aromatic rings. The predicted octanol–water partition coefficient (Wildman–Crippen LogP) is 6.98. The number of benzene rings is 2. The molecule has 45 heavy (non-hydrogen) atoms. The van der Waals surface area contributed by atoms with Crippen molar-refractivity contribution in [2.45, 2.75) is 43.3 Å². The summed E-state index contributed by atoms with van der Waals surface area (Å²) in [6.45, 7) is 6.48. The number of ether oxygens (including phenoxy) is 1. The van der Waals surface area contributed by atoms with Gasteiger partial charge in [-0.2, -0.15) is 0 Å². The van der Waals surface area contributed by atoms with Crippen LogP contribution in [0.15, 0.2) is 82.8 Å². The monoisotopic (exact) mass is 643 g/mol. The van der Waals surface area contributed by atoms with Gasteiger partial charge in [0.1, 0.15) is 22.9 Å². The van der Waals surface area contributed by atoms with Gasteiger partial charge in [0.2, 0.25) is 5.13 Å². The van der Waals surface area contributed by atoms with Gasteiger partial charge in [-0.25, -0.2) is 9.37 Å². The number of aryl methyl sites for hydroxylation is 1. The van der Waals surface area contributed by atoms with E-state index >= 15 is 0 Å². The molecule has 1 aliphatic heterocycles. The van der Waals surface area contributed by atoms with Gasteiger partial charge in [-0.05, 0) is 66.8 Å². The molecular weight excluding hydrogens is 614 g/mol. The van der Waals surface area contributed by atoms with E-state index in [4.69, 9.17) is 4.74 Å². The first-order valence-electron chi connectivity index (χ1n) is 14.4. The number of pyridine rings is 1. The first-order valence-corrected chi connectivity index (χ1v) is 16.2. The maximum absolute atomic E-state index is 13.8. The summed E-state index contributed by atoms with van der Waals surface area (Å²) < 4.78 is 21.6. The number of amides is 1.